The van der Waals surface area contributed by atoms with Gasteiger partial charge in [-0.2, -0.15) is 0 Å². The van der Waals surface area contributed by atoms with Gasteiger partial charge in [0.1, 0.15) is 11.8 Å². The molecule has 1 saturated carbocycles. The van der Waals surface area contributed by atoms with E-state index in [-0.39, 0.29) is 17.8 Å². The average Bonchev–Trinajstić information content (AvgIpc) is 3.08. The molecule has 0 unspecified atom stereocenters. The van der Waals surface area contributed by atoms with Gasteiger partial charge in [0.05, 0.1) is 6.61 Å². The molecule has 1 aliphatic heterocycles. The fraction of sp³-hybridized carbons (Fsp3) is 0.643. The summed E-state index contributed by atoms with van der Waals surface area (Å²) in [6.45, 7) is 1.07. The first-order chi connectivity index (χ1) is 9.27. The zero-order chi connectivity index (χ0) is 13.1. The van der Waals surface area contributed by atoms with Crippen LogP contribution in [0.2, 0.25) is 0 Å². The number of ether oxygens (including phenoxy) is 2. The zero-order valence-electron chi connectivity index (χ0n) is 11.0. The molecule has 1 amide bonds. The monoisotopic (exact) mass is 264 g/mol. The van der Waals surface area contributed by atoms with Crippen molar-refractivity contribution < 1.29 is 14.3 Å². The number of carbonyl (C=O) groups is 1. The van der Waals surface area contributed by atoms with Crippen molar-refractivity contribution in [2.45, 2.75) is 44.0 Å². The normalized spacial score (nSPS) is 25.6. The first kappa shape index (κ1) is 12.7. The molecule has 0 radical (unpaired) electrons. The second-order valence-electron chi connectivity index (χ2n) is 5.32. The minimum atomic E-state index is -0.361. The molecule has 1 spiro atoms. The second-order valence-corrected chi connectivity index (χ2v) is 5.32. The van der Waals surface area contributed by atoms with Crippen LogP contribution in [0.15, 0.2) is 18.3 Å². The number of H-pyrrole nitrogens is 1. The third-order valence-corrected chi connectivity index (χ3v) is 3.86. The lowest BCUT2D eigenvalue weighted by Gasteiger charge is -2.31. The molecule has 0 aromatic carbocycles. The Balaban J connectivity index is 1.48. The molecule has 2 N–H and O–H groups in total. The highest BCUT2D eigenvalue weighted by molar-refractivity contribution is 5.92. The highest BCUT2D eigenvalue weighted by Gasteiger charge is 2.42. The molecule has 2 heterocycles. The summed E-state index contributed by atoms with van der Waals surface area (Å²) in [6, 6.07) is 3.56. The van der Waals surface area contributed by atoms with Gasteiger partial charge >= 0.3 is 0 Å². The van der Waals surface area contributed by atoms with Crippen LogP contribution in [0.5, 0.6) is 0 Å². The maximum atomic E-state index is 11.8. The molecule has 1 saturated heterocycles. The lowest BCUT2D eigenvalue weighted by atomic mass is 9.94. The Hall–Kier alpha value is -1.33. The summed E-state index contributed by atoms with van der Waals surface area (Å²) in [4.78, 5) is 14.7. The maximum absolute atomic E-state index is 11.8. The number of carbonyl (C=O) groups excluding carboxylic acids is 1. The number of aromatic nitrogens is 1. The van der Waals surface area contributed by atoms with Gasteiger partial charge in [0.15, 0.2) is 5.79 Å². The average molecular weight is 264 g/mol. The second kappa shape index (κ2) is 5.35. The van der Waals surface area contributed by atoms with E-state index in [1.807, 2.05) is 0 Å². The Labute approximate surface area is 112 Å². The summed E-state index contributed by atoms with van der Waals surface area (Å²) < 4.78 is 11.8. The summed E-state index contributed by atoms with van der Waals surface area (Å²) in [7, 11) is 0. The van der Waals surface area contributed by atoms with Crippen LogP contribution in [0.3, 0.4) is 0 Å². The van der Waals surface area contributed by atoms with Gasteiger partial charge in [-0.25, -0.2) is 0 Å². The molecular weight excluding hydrogens is 244 g/mol. The number of nitrogens with one attached hydrogen (secondary N) is 2. The van der Waals surface area contributed by atoms with Gasteiger partial charge in [0, 0.05) is 25.6 Å². The van der Waals surface area contributed by atoms with Crippen molar-refractivity contribution in [2.24, 2.45) is 0 Å². The number of aromatic amines is 1. The van der Waals surface area contributed by atoms with E-state index in [1.54, 1.807) is 18.3 Å². The Morgan fingerprint density at radius 1 is 1.42 bits per heavy atom. The first-order valence-corrected chi connectivity index (χ1v) is 7.01. The molecule has 2 aliphatic rings. The molecule has 1 aromatic heterocycles. The minimum Gasteiger partial charge on any atom is -0.357 e. The molecule has 1 atom stereocenters. The van der Waals surface area contributed by atoms with Crippen molar-refractivity contribution >= 4 is 5.91 Å². The van der Waals surface area contributed by atoms with Crippen LogP contribution in [0.1, 0.15) is 42.6 Å². The molecule has 3 rings (SSSR count). The van der Waals surface area contributed by atoms with E-state index in [4.69, 9.17) is 9.47 Å². The molecule has 104 valence electrons. The fourth-order valence-corrected chi connectivity index (χ4v) is 2.84. The molecule has 1 aromatic rings. The predicted molar refractivity (Wildman–Crippen MR) is 69.8 cm³/mol. The quantitative estimate of drug-likeness (QED) is 0.875. The third-order valence-electron chi connectivity index (χ3n) is 3.86. The summed E-state index contributed by atoms with van der Waals surface area (Å²) in [5.74, 6) is -0.460. The smallest absolute Gasteiger partial charge is 0.267 e. The van der Waals surface area contributed by atoms with Crippen LogP contribution >= 0.6 is 0 Å². The number of hydrogen-bond donors (Lipinski definition) is 2. The molecule has 2 fully saturated rings. The minimum absolute atomic E-state index is 0.0305. The maximum Gasteiger partial charge on any atom is 0.267 e. The number of rotatable bonds is 3. The van der Waals surface area contributed by atoms with Gasteiger partial charge in [0.2, 0.25) is 0 Å². The van der Waals surface area contributed by atoms with E-state index in [0.29, 0.717) is 18.8 Å². The van der Waals surface area contributed by atoms with E-state index in [1.165, 1.54) is 19.3 Å². The fourth-order valence-electron chi connectivity index (χ4n) is 2.84. The van der Waals surface area contributed by atoms with Crippen molar-refractivity contribution in [2.75, 3.05) is 13.2 Å². The largest absolute Gasteiger partial charge is 0.357 e. The van der Waals surface area contributed by atoms with Gasteiger partial charge < -0.3 is 19.8 Å². The summed E-state index contributed by atoms with van der Waals surface area (Å²) in [5.41, 5.74) is 0.575. The zero-order valence-corrected chi connectivity index (χ0v) is 11.0. The van der Waals surface area contributed by atoms with E-state index in [9.17, 15) is 4.79 Å². The van der Waals surface area contributed by atoms with Crippen molar-refractivity contribution in [3.63, 3.8) is 0 Å². The Morgan fingerprint density at radius 2 is 2.26 bits per heavy atom. The van der Waals surface area contributed by atoms with Crippen LogP contribution in [0.4, 0.5) is 0 Å². The van der Waals surface area contributed by atoms with Crippen LogP contribution in [0.25, 0.3) is 0 Å². The van der Waals surface area contributed by atoms with Gasteiger partial charge in [-0.15, -0.1) is 0 Å². The molecular formula is C14H20N2O3. The number of hydrogen-bond acceptors (Lipinski definition) is 3. The van der Waals surface area contributed by atoms with E-state index < -0.39 is 0 Å². The first-order valence-electron chi connectivity index (χ1n) is 7.01. The predicted octanol–water partition coefficient (Wildman–Crippen LogP) is 1.82. The van der Waals surface area contributed by atoms with Crippen molar-refractivity contribution in [1.29, 1.82) is 0 Å². The Morgan fingerprint density at radius 3 is 3.00 bits per heavy atom. The Bertz CT molecular complexity index is 424. The molecule has 5 heteroatoms. The summed E-state index contributed by atoms with van der Waals surface area (Å²) >= 11 is 0. The molecule has 19 heavy (non-hydrogen) atoms. The molecule has 0 bridgehead atoms. The van der Waals surface area contributed by atoms with Crippen LogP contribution < -0.4 is 5.32 Å². The van der Waals surface area contributed by atoms with Gasteiger partial charge in [-0.05, 0) is 25.0 Å². The van der Waals surface area contributed by atoms with Crippen molar-refractivity contribution in [3.8, 4) is 0 Å². The highest BCUT2D eigenvalue weighted by Crippen LogP contribution is 2.37. The van der Waals surface area contributed by atoms with Crippen LogP contribution in [-0.2, 0) is 9.47 Å². The highest BCUT2D eigenvalue weighted by atomic mass is 16.7. The van der Waals surface area contributed by atoms with Crippen LogP contribution in [-0.4, -0.2) is 35.9 Å². The molecule has 1 aliphatic carbocycles. The van der Waals surface area contributed by atoms with Crippen molar-refractivity contribution in [3.05, 3.63) is 24.0 Å². The lowest BCUT2D eigenvalue weighted by molar-refractivity contribution is -0.186. The summed E-state index contributed by atoms with van der Waals surface area (Å²) in [5, 5.41) is 2.87. The lowest BCUT2D eigenvalue weighted by Crippen LogP contribution is -2.37. The number of amides is 1. The molecule has 5 nitrogen and oxygen atoms in total. The van der Waals surface area contributed by atoms with E-state index in [2.05, 4.69) is 10.3 Å². The van der Waals surface area contributed by atoms with Gasteiger partial charge in [0.25, 0.3) is 5.91 Å². The third kappa shape index (κ3) is 2.82. The SMILES string of the molecule is O=C(NC[C@@H]1COC2(CCCCC2)O1)c1ccc[nH]1. The Kier molecular flexibility index (Phi) is 3.57. The van der Waals surface area contributed by atoms with E-state index in [0.717, 1.165) is 12.8 Å². The topological polar surface area (TPSA) is 63.4 Å². The van der Waals surface area contributed by atoms with E-state index >= 15 is 0 Å². The van der Waals surface area contributed by atoms with Crippen molar-refractivity contribution in [1.82, 2.24) is 10.3 Å². The van der Waals surface area contributed by atoms with Gasteiger partial charge in [-0.1, -0.05) is 6.42 Å². The standard InChI is InChI=1S/C14H20N2O3/c17-13(12-5-4-8-15-12)16-9-11-10-18-14(19-11)6-2-1-3-7-14/h4-5,8,11,15H,1-3,6-7,9-10H2,(H,16,17)/t11-/m1/s1. The van der Waals surface area contributed by atoms with Crippen LogP contribution in [0, 0.1) is 0 Å². The summed E-state index contributed by atoms with van der Waals surface area (Å²) in [6.07, 6.45) is 7.27. The van der Waals surface area contributed by atoms with Gasteiger partial charge in [-0.3, -0.25) is 4.79 Å².